The molecule has 1 saturated heterocycles. The van der Waals surface area contributed by atoms with Gasteiger partial charge in [0.05, 0.1) is 35.9 Å². The van der Waals surface area contributed by atoms with Gasteiger partial charge in [0.2, 0.25) is 10.0 Å². The molecular formula is C11H12Cl2FNO4S. The summed E-state index contributed by atoms with van der Waals surface area (Å²) < 4.78 is 44.8. The van der Waals surface area contributed by atoms with Gasteiger partial charge >= 0.3 is 0 Å². The molecule has 1 N–H and O–H groups in total. The second-order valence-electron chi connectivity index (χ2n) is 4.20. The lowest BCUT2D eigenvalue weighted by atomic mass is 10.3. The van der Waals surface area contributed by atoms with Crippen LogP contribution in [-0.4, -0.2) is 50.2 Å². The maximum absolute atomic E-state index is 13.6. The standard InChI is InChI=1S/C11H12Cl2FNO4S/c12-8-1-2-9(10(13)11(8)14)20(17,18)15-3-4-19-6-7(15)5-16/h1-2,7,16H,3-6H2. The van der Waals surface area contributed by atoms with Crippen molar-refractivity contribution in [1.82, 2.24) is 4.31 Å². The number of rotatable bonds is 3. The highest BCUT2D eigenvalue weighted by Crippen LogP contribution is 2.32. The normalized spacial score (nSPS) is 21.1. The minimum atomic E-state index is -4.03. The number of nitrogens with zero attached hydrogens (tertiary/aromatic N) is 1. The highest BCUT2D eigenvalue weighted by molar-refractivity contribution is 7.89. The van der Waals surface area contributed by atoms with Gasteiger partial charge in [-0.25, -0.2) is 12.8 Å². The van der Waals surface area contributed by atoms with E-state index < -0.39 is 33.5 Å². The molecule has 1 atom stereocenters. The van der Waals surface area contributed by atoms with Crippen LogP contribution in [0, 0.1) is 5.82 Å². The zero-order chi connectivity index (χ0) is 14.9. The molecule has 0 amide bonds. The summed E-state index contributed by atoms with van der Waals surface area (Å²) in [4.78, 5) is -0.374. The monoisotopic (exact) mass is 343 g/mol. The van der Waals surface area contributed by atoms with Crippen molar-refractivity contribution in [2.45, 2.75) is 10.9 Å². The summed E-state index contributed by atoms with van der Waals surface area (Å²) in [7, 11) is -4.03. The molecule has 1 aromatic rings. The first kappa shape index (κ1) is 15.9. The highest BCUT2D eigenvalue weighted by Gasteiger charge is 2.35. The van der Waals surface area contributed by atoms with E-state index in [4.69, 9.17) is 27.9 Å². The van der Waals surface area contributed by atoms with Crippen LogP contribution in [0.4, 0.5) is 4.39 Å². The number of aliphatic hydroxyl groups is 1. The van der Waals surface area contributed by atoms with Crippen LogP contribution in [0.3, 0.4) is 0 Å². The third-order valence-corrected chi connectivity index (χ3v) is 5.74. The maximum Gasteiger partial charge on any atom is 0.245 e. The molecule has 112 valence electrons. The molecule has 0 spiro atoms. The lowest BCUT2D eigenvalue weighted by Gasteiger charge is -2.33. The van der Waals surface area contributed by atoms with Crippen molar-refractivity contribution in [3.8, 4) is 0 Å². The van der Waals surface area contributed by atoms with Gasteiger partial charge in [0, 0.05) is 6.54 Å². The molecule has 5 nitrogen and oxygen atoms in total. The van der Waals surface area contributed by atoms with Gasteiger partial charge in [-0.1, -0.05) is 23.2 Å². The summed E-state index contributed by atoms with van der Waals surface area (Å²) in [6.07, 6.45) is 0. The molecule has 0 bridgehead atoms. The van der Waals surface area contributed by atoms with Crippen molar-refractivity contribution in [2.75, 3.05) is 26.4 Å². The average molecular weight is 344 g/mol. The Morgan fingerprint density at radius 2 is 2.15 bits per heavy atom. The fourth-order valence-electron chi connectivity index (χ4n) is 1.93. The van der Waals surface area contributed by atoms with Gasteiger partial charge in [-0.3, -0.25) is 0 Å². The second kappa shape index (κ2) is 6.13. The second-order valence-corrected chi connectivity index (χ2v) is 6.84. The van der Waals surface area contributed by atoms with Crippen molar-refractivity contribution < 1.29 is 22.7 Å². The van der Waals surface area contributed by atoms with E-state index in [0.717, 1.165) is 16.4 Å². The van der Waals surface area contributed by atoms with E-state index in [1.165, 1.54) is 0 Å². The molecule has 20 heavy (non-hydrogen) atoms. The summed E-state index contributed by atoms with van der Waals surface area (Å²) in [5.74, 6) is -0.983. The van der Waals surface area contributed by atoms with E-state index in [1.54, 1.807) is 0 Å². The Hall–Kier alpha value is -0.440. The van der Waals surface area contributed by atoms with Crippen molar-refractivity contribution in [3.63, 3.8) is 0 Å². The summed E-state index contributed by atoms with van der Waals surface area (Å²) >= 11 is 11.3. The molecule has 0 saturated carbocycles. The molecule has 9 heteroatoms. The van der Waals surface area contributed by atoms with E-state index in [2.05, 4.69) is 0 Å². The third kappa shape index (κ3) is 2.79. The molecule has 1 fully saturated rings. The van der Waals surface area contributed by atoms with Gasteiger partial charge in [0.1, 0.15) is 4.90 Å². The van der Waals surface area contributed by atoms with E-state index in [1.807, 2.05) is 0 Å². The van der Waals surface area contributed by atoms with Gasteiger partial charge in [-0.15, -0.1) is 0 Å². The summed E-state index contributed by atoms with van der Waals surface area (Å²) in [6.45, 7) is -0.0616. The first-order valence-electron chi connectivity index (χ1n) is 5.73. The van der Waals surface area contributed by atoms with E-state index in [-0.39, 0.29) is 29.7 Å². The topological polar surface area (TPSA) is 66.8 Å². The number of aliphatic hydroxyl groups excluding tert-OH is 1. The summed E-state index contributed by atoms with van der Waals surface area (Å²) in [5, 5.41) is 8.42. The SMILES string of the molecule is O=S(=O)(c1ccc(Cl)c(F)c1Cl)N1CCOCC1CO. The smallest absolute Gasteiger partial charge is 0.245 e. The Morgan fingerprint density at radius 3 is 2.80 bits per heavy atom. The fraction of sp³-hybridized carbons (Fsp3) is 0.455. The van der Waals surface area contributed by atoms with Crippen LogP contribution in [-0.2, 0) is 14.8 Å². The van der Waals surface area contributed by atoms with E-state index in [9.17, 15) is 17.9 Å². The van der Waals surface area contributed by atoms with E-state index in [0.29, 0.717) is 0 Å². The maximum atomic E-state index is 13.6. The van der Waals surface area contributed by atoms with Crippen molar-refractivity contribution in [3.05, 3.63) is 28.0 Å². The molecule has 0 radical (unpaired) electrons. The number of halogens is 3. The number of sulfonamides is 1. The Kier molecular flexibility index (Phi) is 4.88. The number of ether oxygens (including phenoxy) is 1. The first-order chi connectivity index (χ1) is 9.39. The third-order valence-electron chi connectivity index (χ3n) is 2.97. The zero-order valence-electron chi connectivity index (χ0n) is 10.2. The average Bonchev–Trinajstić information content (AvgIpc) is 2.44. The van der Waals surface area contributed by atoms with Gasteiger partial charge < -0.3 is 9.84 Å². The number of hydrogen-bond acceptors (Lipinski definition) is 4. The van der Waals surface area contributed by atoms with Crippen LogP contribution in [0.25, 0.3) is 0 Å². The van der Waals surface area contributed by atoms with Gasteiger partial charge in [0.25, 0.3) is 0 Å². The minimum Gasteiger partial charge on any atom is -0.395 e. The molecule has 1 aliphatic heterocycles. The van der Waals surface area contributed by atoms with Crippen LogP contribution < -0.4 is 0 Å². The lowest BCUT2D eigenvalue weighted by Crippen LogP contribution is -2.50. The molecular weight excluding hydrogens is 332 g/mol. The van der Waals surface area contributed by atoms with Crippen LogP contribution in [0.2, 0.25) is 10.0 Å². The molecule has 0 aliphatic carbocycles. The molecule has 1 heterocycles. The minimum absolute atomic E-state index is 0.0636. The van der Waals surface area contributed by atoms with Crippen LogP contribution in [0.5, 0.6) is 0 Å². The highest BCUT2D eigenvalue weighted by atomic mass is 35.5. The Balaban J connectivity index is 2.47. The molecule has 0 aromatic heterocycles. The Labute approximate surface area is 125 Å². The predicted molar refractivity (Wildman–Crippen MR) is 72.0 cm³/mol. The molecule has 2 rings (SSSR count). The van der Waals surface area contributed by atoms with E-state index >= 15 is 0 Å². The fourth-order valence-corrected chi connectivity index (χ4v) is 4.24. The largest absolute Gasteiger partial charge is 0.395 e. The summed E-state index contributed by atoms with van der Waals surface area (Å²) in [5.41, 5.74) is 0. The quantitative estimate of drug-likeness (QED) is 0.845. The molecule has 1 unspecified atom stereocenters. The van der Waals surface area contributed by atoms with Gasteiger partial charge in [0.15, 0.2) is 5.82 Å². The van der Waals surface area contributed by atoms with Gasteiger partial charge in [-0.2, -0.15) is 4.31 Å². The van der Waals surface area contributed by atoms with Crippen LogP contribution in [0.15, 0.2) is 17.0 Å². The zero-order valence-corrected chi connectivity index (χ0v) is 12.6. The lowest BCUT2D eigenvalue weighted by molar-refractivity contribution is 0.0109. The Morgan fingerprint density at radius 1 is 1.45 bits per heavy atom. The predicted octanol–water partition coefficient (Wildman–Crippen LogP) is 1.51. The Bertz CT molecular complexity index is 611. The summed E-state index contributed by atoms with van der Waals surface area (Å²) in [6, 6.07) is 1.56. The molecule has 1 aromatic carbocycles. The van der Waals surface area contributed by atoms with Crippen molar-refractivity contribution in [2.24, 2.45) is 0 Å². The number of hydrogen-bond donors (Lipinski definition) is 1. The van der Waals surface area contributed by atoms with Crippen molar-refractivity contribution in [1.29, 1.82) is 0 Å². The van der Waals surface area contributed by atoms with Gasteiger partial charge in [-0.05, 0) is 12.1 Å². The number of morpholine rings is 1. The van der Waals surface area contributed by atoms with Crippen LogP contribution in [0.1, 0.15) is 0 Å². The van der Waals surface area contributed by atoms with Crippen molar-refractivity contribution >= 4 is 33.2 Å². The van der Waals surface area contributed by atoms with Crippen LogP contribution >= 0.6 is 23.2 Å². The first-order valence-corrected chi connectivity index (χ1v) is 7.93. The number of benzene rings is 1. The molecule has 1 aliphatic rings.